The summed E-state index contributed by atoms with van der Waals surface area (Å²) in [4.78, 5) is 10.0. The maximum atomic E-state index is 10.0. The van der Waals surface area contributed by atoms with E-state index in [0.29, 0.717) is 12.3 Å². The van der Waals surface area contributed by atoms with Gasteiger partial charge in [0.05, 0.1) is 0 Å². The van der Waals surface area contributed by atoms with Gasteiger partial charge in [-0.15, -0.1) is 0 Å². The molecule has 0 spiro atoms. The lowest BCUT2D eigenvalue weighted by atomic mass is 10.6. The van der Waals surface area contributed by atoms with Crippen molar-refractivity contribution < 1.29 is 4.79 Å². The van der Waals surface area contributed by atoms with Crippen LogP contribution in [0.2, 0.25) is 0 Å². The number of hydrogen-bond donors (Lipinski definition) is 1. The summed E-state index contributed by atoms with van der Waals surface area (Å²) in [5.74, 6) is 0.587. The second-order valence-electron chi connectivity index (χ2n) is 1.19. The van der Waals surface area contributed by atoms with Crippen molar-refractivity contribution in [2.24, 2.45) is 0 Å². The van der Waals surface area contributed by atoms with E-state index in [1.807, 2.05) is 0 Å². The second kappa shape index (κ2) is 3.99. The molecule has 0 saturated carbocycles. The van der Waals surface area contributed by atoms with E-state index in [2.05, 4.69) is 17.9 Å². The van der Waals surface area contributed by atoms with Crippen LogP contribution in [-0.2, 0) is 4.79 Å². The van der Waals surface area contributed by atoms with Crippen LogP contribution in [0, 0.1) is 0 Å². The lowest BCUT2D eigenvalue weighted by Crippen LogP contribution is -2.21. The van der Waals surface area contributed by atoms with Crippen LogP contribution in [0.5, 0.6) is 0 Å². The summed E-state index contributed by atoms with van der Waals surface area (Å²) in [5.41, 5.74) is 0. The summed E-state index contributed by atoms with van der Waals surface area (Å²) < 4.78 is 0. The monoisotopic (exact) mass is 118 g/mol. The number of nitrogens with one attached hydrogen (secondary N) is 1. The highest BCUT2D eigenvalue weighted by Gasteiger charge is 1.83. The van der Waals surface area contributed by atoms with Crippen molar-refractivity contribution in [3.8, 4) is 0 Å². The minimum Gasteiger partial charge on any atom is -0.355 e. The maximum absolute atomic E-state index is 10.0. The van der Waals surface area contributed by atoms with Crippen LogP contribution in [0.1, 0.15) is 6.92 Å². The predicted molar refractivity (Wildman–Crippen MR) is 31.1 cm³/mol. The molecule has 0 aliphatic carbocycles. The van der Waals surface area contributed by atoms with Crippen LogP contribution in [-0.4, -0.2) is 18.2 Å². The van der Waals surface area contributed by atoms with Crippen molar-refractivity contribution in [3.05, 3.63) is 0 Å². The van der Waals surface area contributed by atoms with Crippen molar-refractivity contribution in [3.63, 3.8) is 0 Å². The van der Waals surface area contributed by atoms with E-state index in [-0.39, 0.29) is 5.91 Å². The van der Waals surface area contributed by atoms with Crippen LogP contribution in [0.25, 0.3) is 0 Å². The number of rotatable bonds is 2. The van der Waals surface area contributed by atoms with Gasteiger partial charge in [-0.3, -0.25) is 4.79 Å². The molecule has 1 amide bonds. The van der Waals surface area contributed by atoms with Crippen LogP contribution in [0.4, 0.5) is 0 Å². The van der Waals surface area contributed by atoms with Gasteiger partial charge in [0.2, 0.25) is 5.91 Å². The summed E-state index contributed by atoms with van der Waals surface area (Å²) in [5, 5.41) is 2.55. The van der Waals surface area contributed by atoms with Gasteiger partial charge in [0, 0.05) is 19.2 Å². The van der Waals surface area contributed by atoms with Crippen LogP contribution < -0.4 is 5.32 Å². The van der Waals surface area contributed by atoms with Crippen molar-refractivity contribution in [2.45, 2.75) is 6.92 Å². The van der Waals surface area contributed by atoms with Crippen molar-refractivity contribution in [1.29, 1.82) is 0 Å². The Balaban J connectivity index is 2.82. The van der Waals surface area contributed by atoms with Crippen molar-refractivity contribution in [2.75, 3.05) is 12.3 Å². The normalized spacial score (nSPS) is 8.29. The van der Waals surface area contributed by atoms with Gasteiger partial charge in [0.15, 0.2) is 0 Å². The first-order valence-electron chi connectivity index (χ1n) is 2.10. The van der Waals surface area contributed by atoms with E-state index in [1.54, 1.807) is 0 Å². The van der Waals surface area contributed by atoms with E-state index >= 15 is 0 Å². The molecule has 1 radical (unpaired) electrons. The number of amides is 1. The van der Waals surface area contributed by atoms with Gasteiger partial charge in [-0.25, -0.2) is 0 Å². The fourth-order valence-corrected chi connectivity index (χ4v) is 0.329. The largest absolute Gasteiger partial charge is 0.355 e. The average Bonchev–Trinajstić information content (AvgIpc) is 1.61. The van der Waals surface area contributed by atoms with E-state index in [1.165, 1.54) is 6.92 Å². The molecular formula is C4H8NOS. The molecule has 0 aromatic heterocycles. The third-order valence-corrected chi connectivity index (χ3v) is 0.680. The molecule has 0 aromatic rings. The first kappa shape index (κ1) is 6.82. The van der Waals surface area contributed by atoms with E-state index in [4.69, 9.17) is 0 Å². The summed E-state index contributed by atoms with van der Waals surface area (Å²) >= 11 is 4.56. The van der Waals surface area contributed by atoms with Gasteiger partial charge in [0.25, 0.3) is 0 Å². The molecule has 0 unspecified atom stereocenters. The molecule has 2 nitrogen and oxygen atoms in total. The molecule has 0 fully saturated rings. The van der Waals surface area contributed by atoms with Crippen molar-refractivity contribution >= 4 is 18.5 Å². The summed E-state index contributed by atoms with van der Waals surface area (Å²) in [6, 6.07) is 0. The van der Waals surface area contributed by atoms with Gasteiger partial charge < -0.3 is 5.32 Å². The molecule has 0 aliphatic rings. The van der Waals surface area contributed by atoms with Crippen LogP contribution >= 0.6 is 12.6 Å². The summed E-state index contributed by atoms with van der Waals surface area (Å²) in [6.45, 7) is 2.09. The molecule has 0 aliphatic heterocycles. The summed E-state index contributed by atoms with van der Waals surface area (Å²) in [7, 11) is 0. The fourth-order valence-electron chi connectivity index (χ4n) is 0.227. The average molecular weight is 118 g/mol. The van der Waals surface area contributed by atoms with Gasteiger partial charge in [-0.2, -0.15) is 0 Å². The Bertz CT molecular complexity index is 64.7. The van der Waals surface area contributed by atoms with Crippen LogP contribution in [0.3, 0.4) is 0 Å². The van der Waals surface area contributed by atoms with Gasteiger partial charge >= 0.3 is 0 Å². The Morgan fingerprint density at radius 3 is 2.57 bits per heavy atom. The zero-order valence-corrected chi connectivity index (χ0v) is 5.05. The molecule has 0 aromatic carbocycles. The Morgan fingerprint density at radius 2 is 2.43 bits per heavy atom. The van der Waals surface area contributed by atoms with Gasteiger partial charge in [-0.05, 0) is 0 Å². The highest BCUT2D eigenvalue weighted by Crippen LogP contribution is 1.66. The topological polar surface area (TPSA) is 29.1 Å². The lowest BCUT2D eigenvalue weighted by Gasteiger charge is -1.92. The number of carbonyl (C=O) groups excluding carboxylic acids is 1. The first-order chi connectivity index (χ1) is 3.27. The van der Waals surface area contributed by atoms with Gasteiger partial charge in [0.1, 0.15) is 0 Å². The Labute approximate surface area is 48.7 Å². The third-order valence-electron chi connectivity index (χ3n) is 0.476. The van der Waals surface area contributed by atoms with E-state index < -0.39 is 0 Å². The second-order valence-corrected chi connectivity index (χ2v) is 1.60. The van der Waals surface area contributed by atoms with E-state index in [9.17, 15) is 4.79 Å². The molecule has 0 atom stereocenters. The lowest BCUT2D eigenvalue weighted by molar-refractivity contribution is -0.118. The standard InChI is InChI=1S/C4H8NOS/c1-4(6)5-2-3-7/h2-3H2,1H3,(H,5,6). The molecule has 3 heteroatoms. The summed E-state index contributed by atoms with van der Waals surface area (Å²) in [6.07, 6.45) is 0. The zero-order valence-electron chi connectivity index (χ0n) is 4.23. The van der Waals surface area contributed by atoms with Crippen LogP contribution in [0.15, 0.2) is 0 Å². The molecule has 7 heavy (non-hydrogen) atoms. The molecule has 1 N–H and O–H groups in total. The smallest absolute Gasteiger partial charge is 0.216 e. The van der Waals surface area contributed by atoms with E-state index in [0.717, 1.165) is 0 Å². The zero-order chi connectivity index (χ0) is 5.70. The minimum absolute atomic E-state index is 0.00940. The van der Waals surface area contributed by atoms with Crippen molar-refractivity contribution in [1.82, 2.24) is 5.32 Å². The third kappa shape index (κ3) is 5.82. The highest BCUT2D eigenvalue weighted by molar-refractivity contribution is 7.80. The Morgan fingerprint density at radius 1 is 1.86 bits per heavy atom. The maximum Gasteiger partial charge on any atom is 0.216 e. The Hall–Kier alpha value is -0.180. The molecule has 0 rings (SSSR count). The highest BCUT2D eigenvalue weighted by atomic mass is 32.1. The number of hydrogen-bond acceptors (Lipinski definition) is 1. The molecule has 0 saturated heterocycles. The quantitative estimate of drug-likeness (QED) is 0.556. The molecule has 0 heterocycles. The minimum atomic E-state index is -0.00940. The number of carbonyl (C=O) groups is 1. The molecule has 0 bridgehead atoms. The van der Waals surface area contributed by atoms with Gasteiger partial charge in [-0.1, -0.05) is 12.6 Å². The molecule has 41 valence electrons. The first-order valence-corrected chi connectivity index (χ1v) is 2.67. The fraction of sp³-hybridized carbons (Fsp3) is 0.750. The Kier molecular flexibility index (Phi) is 3.89. The predicted octanol–water partition coefficient (Wildman–Crippen LogP) is 0.320. The molecular weight excluding hydrogens is 110 g/mol. The SMILES string of the molecule is CC(=O)NCC[S].